The SMILES string of the molecule is CCNC(=NCC(O)c1ccc(OC)cc1)NCCSc1ccccc1.I. The minimum atomic E-state index is -0.643. The molecule has 0 spiro atoms. The summed E-state index contributed by atoms with van der Waals surface area (Å²) in [5.41, 5.74) is 0.824. The fourth-order valence-electron chi connectivity index (χ4n) is 2.31. The van der Waals surface area contributed by atoms with Gasteiger partial charge in [0.05, 0.1) is 19.8 Å². The summed E-state index contributed by atoms with van der Waals surface area (Å²) in [5, 5.41) is 16.8. The molecule has 0 aliphatic rings. The Morgan fingerprint density at radius 1 is 1.11 bits per heavy atom. The molecule has 0 amide bonds. The Morgan fingerprint density at radius 3 is 2.44 bits per heavy atom. The third-order valence-corrected chi connectivity index (χ3v) is 4.69. The fraction of sp³-hybridized carbons (Fsp3) is 0.350. The summed E-state index contributed by atoms with van der Waals surface area (Å²) in [4.78, 5) is 5.74. The summed E-state index contributed by atoms with van der Waals surface area (Å²) in [6, 6.07) is 17.7. The van der Waals surface area contributed by atoms with Gasteiger partial charge in [0, 0.05) is 23.7 Å². The second-order valence-corrected chi connectivity index (χ2v) is 6.77. The van der Waals surface area contributed by atoms with E-state index < -0.39 is 6.10 Å². The van der Waals surface area contributed by atoms with Crippen LogP contribution in [0.4, 0.5) is 0 Å². The molecule has 2 rings (SSSR count). The maximum Gasteiger partial charge on any atom is 0.191 e. The molecule has 2 aromatic rings. The van der Waals surface area contributed by atoms with Crippen LogP contribution in [0.5, 0.6) is 5.75 Å². The molecule has 0 saturated carbocycles. The molecule has 0 aromatic heterocycles. The molecule has 27 heavy (non-hydrogen) atoms. The van der Waals surface area contributed by atoms with Crippen LogP contribution < -0.4 is 15.4 Å². The summed E-state index contributed by atoms with van der Waals surface area (Å²) in [5.74, 6) is 2.43. The Balaban J connectivity index is 0.00000364. The molecule has 0 fully saturated rings. The zero-order chi connectivity index (χ0) is 18.6. The molecule has 1 unspecified atom stereocenters. The molecular formula is C20H28IN3O2S. The van der Waals surface area contributed by atoms with Crippen LogP contribution in [0.1, 0.15) is 18.6 Å². The van der Waals surface area contributed by atoms with Gasteiger partial charge in [0.2, 0.25) is 0 Å². The third kappa shape index (κ3) is 8.85. The number of benzene rings is 2. The first kappa shape index (κ1) is 23.6. The van der Waals surface area contributed by atoms with Gasteiger partial charge in [0.25, 0.3) is 0 Å². The number of aliphatic imine (C=N–C) groups is 1. The Hall–Kier alpha value is -1.45. The second-order valence-electron chi connectivity index (χ2n) is 5.60. The number of nitrogens with zero attached hydrogens (tertiary/aromatic N) is 1. The van der Waals surface area contributed by atoms with Crippen LogP contribution >= 0.6 is 35.7 Å². The zero-order valence-electron chi connectivity index (χ0n) is 15.7. The highest BCUT2D eigenvalue weighted by molar-refractivity contribution is 14.0. The van der Waals surface area contributed by atoms with Gasteiger partial charge in [0.15, 0.2) is 5.96 Å². The first-order chi connectivity index (χ1) is 12.7. The fourth-order valence-corrected chi connectivity index (χ4v) is 3.10. The smallest absolute Gasteiger partial charge is 0.191 e. The molecule has 2 aromatic carbocycles. The van der Waals surface area contributed by atoms with Crippen molar-refractivity contribution in [1.29, 1.82) is 0 Å². The van der Waals surface area contributed by atoms with E-state index in [1.54, 1.807) is 18.9 Å². The van der Waals surface area contributed by atoms with Gasteiger partial charge in [-0.2, -0.15) is 0 Å². The van der Waals surface area contributed by atoms with E-state index in [-0.39, 0.29) is 24.0 Å². The van der Waals surface area contributed by atoms with Crippen LogP contribution in [0.25, 0.3) is 0 Å². The number of hydrogen-bond donors (Lipinski definition) is 3. The molecule has 0 aliphatic heterocycles. The van der Waals surface area contributed by atoms with E-state index in [1.807, 2.05) is 49.4 Å². The predicted molar refractivity (Wildman–Crippen MR) is 125 cm³/mol. The van der Waals surface area contributed by atoms with Crippen LogP contribution in [0, 0.1) is 0 Å². The minimum absolute atomic E-state index is 0. The van der Waals surface area contributed by atoms with Crippen LogP contribution in [-0.4, -0.2) is 43.6 Å². The topological polar surface area (TPSA) is 65.9 Å². The van der Waals surface area contributed by atoms with Crippen molar-refractivity contribution < 1.29 is 9.84 Å². The van der Waals surface area contributed by atoms with Crippen LogP contribution in [-0.2, 0) is 0 Å². The van der Waals surface area contributed by atoms with Gasteiger partial charge < -0.3 is 20.5 Å². The van der Waals surface area contributed by atoms with Crippen molar-refractivity contribution in [3.8, 4) is 5.75 Å². The monoisotopic (exact) mass is 501 g/mol. The van der Waals surface area contributed by atoms with Crippen molar-refractivity contribution >= 4 is 41.7 Å². The number of rotatable bonds is 9. The number of guanidine groups is 1. The van der Waals surface area contributed by atoms with Crippen molar-refractivity contribution in [3.63, 3.8) is 0 Å². The number of ether oxygens (including phenoxy) is 1. The highest BCUT2D eigenvalue weighted by atomic mass is 127. The maximum absolute atomic E-state index is 10.3. The molecule has 5 nitrogen and oxygen atoms in total. The average molecular weight is 501 g/mol. The highest BCUT2D eigenvalue weighted by Gasteiger charge is 2.07. The Morgan fingerprint density at radius 2 is 1.81 bits per heavy atom. The number of nitrogens with one attached hydrogen (secondary N) is 2. The van der Waals surface area contributed by atoms with Crippen molar-refractivity contribution in [2.24, 2.45) is 4.99 Å². The number of thioether (sulfide) groups is 1. The Kier molecular flexibility index (Phi) is 12.0. The van der Waals surface area contributed by atoms with E-state index in [1.165, 1.54) is 4.90 Å². The highest BCUT2D eigenvalue weighted by Crippen LogP contribution is 2.18. The third-order valence-electron chi connectivity index (χ3n) is 3.67. The van der Waals surface area contributed by atoms with Crippen molar-refractivity contribution in [1.82, 2.24) is 10.6 Å². The van der Waals surface area contributed by atoms with E-state index in [0.717, 1.165) is 30.2 Å². The summed E-state index contributed by atoms with van der Waals surface area (Å²) < 4.78 is 5.13. The van der Waals surface area contributed by atoms with Crippen molar-refractivity contribution in [3.05, 3.63) is 60.2 Å². The second kappa shape index (κ2) is 13.7. The molecule has 0 bridgehead atoms. The molecule has 1 atom stereocenters. The van der Waals surface area contributed by atoms with Gasteiger partial charge in [-0.1, -0.05) is 30.3 Å². The van der Waals surface area contributed by atoms with E-state index >= 15 is 0 Å². The van der Waals surface area contributed by atoms with Crippen molar-refractivity contribution in [2.45, 2.75) is 17.9 Å². The quantitative estimate of drug-likeness (QED) is 0.161. The summed E-state index contributed by atoms with van der Waals surface area (Å²) in [6.07, 6.45) is -0.643. The molecule has 0 radical (unpaired) electrons. The summed E-state index contributed by atoms with van der Waals surface area (Å²) in [7, 11) is 1.63. The molecular weight excluding hydrogens is 473 g/mol. The number of aliphatic hydroxyl groups is 1. The average Bonchev–Trinajstić information content (AvgIpc) is 2.70. The standard InChI is InChI=1S/C20H27N3O2S.HI/c1-3-21-20(22-13-14-26-18-7-5-4-6-8-18)23-15-19(24)16-9-11-17(25-2)12-10-16;/h4-12,19,24H,3,13-15H2,1-2H3,(H2,21,22,23);1H. The number of aliphatic hydroxyl groups excluding tert-OH is 1. The molecule has 0 saturated heterocycles. The molecule has 0 heterocycles. The van der Waals surface area contributed by atoms with Gasteiger partial charge in [-0.15, -0.1) is 35.7 Å². The van der Waals surface area contributed by atoms with E-state index in [0.29, 0.717) is 12.5 Å². The van der Waals surface area contributed by atoms with Crippen LogP contribution in [0.2, 0.25) is 0 Å². The molecule has 0 aliphatic carbocycles. The first-order valence-corrected chi connectivity index (χ1v) is 9.73. The Bertz CT molecular complexity index is 669. The molecule has 3 N–H and O–H groups in total. The minimum Gasteiger partial charge on any atom is -0.497 e. The normalized spacial score (nSPS) is 12.0. The number of methoxy groups -OCH3 is 1. The lowest BCUT2D eigenvalue weighted by Crippen LogP contribution is -2.38. The van der Waals surface area contributed by atoms with E-state index in [9.17, 15) is 5.11 Å². The number of halogens is 1. The largest absolute Gasteiger partial charge is 0.497 e. The van der Waals surface area contributed by atoms with E-state index in [2.05, 4.69) is 27.8 Å². The van der Waals surface area contributed by atoms with Crippen LogP contribution in [0.15, 0.2) is 64.5 Å². The van der Waals surface area contributed by atoms with Crippen LogP contribution in [0.3, 0.4) is 0 Å². The first-order valence-electron chi connectivity index (χ1n) is 8.75. The van der Waals surface area contributed by atoms with Gasteiger partial charge in [0.1, 0.15) is 5.75 Å². The summed E-state index contributed by atoms with van der Waals surface area (Å²) >= 11 is 1.80. The summed E-state index contributed by atoms with van der Waals surface area (Å²) in [6.45, 7) is 3.89. The van der Waals surface area contributed by atoms with Gasteiger partial charge in [-0.25, -0.2) is 0 Å². The lowest BCUT2D eigenvalue weighted by atomic mass is 10.1. The zero-order valence-corrected chi connectivity index (χ0v) is 18.9. The maximum atomic E-state index is 10.3. The van der Waals surface area contributed by atoms with Gasteiger partial charge in [-0.3, -0.25) is 4.99 Å². The lowest BCUT2D eigenvalue weighted by molar-refractivity contribution is 0.187. The van der Waals surface area contributed by atoms with Gasteiger partial charge >= 0.3 is 0 Å². The molecule has 148 valence electrons. The van der Waals surface area contributed by atoms with Crippen molar-refractivity contribution in [2.75, 3.05) is 32.5 Å². The van der Waals surface area contributed by atoms with Gasteiger partial charge in [-0.05, 0) is 36.8 Å². The Labute approximate surface area is 183 Å². The number of hydrogen-bond acceptors (Lipinski definition) is 4. The molecule has 7 heteroatoms. The predicted octanol–water partition coefficient (Wildman–Crippen LogP) is 3.69. The van der Waals surface area contributed by atoms with E-state index in [4.69, 9.17) is 4.74 Å². The lowest BCUT2D eigenvalue weighted by Gasteiger charge is -2.13.